The molecule has 0 spiro atoms. The molecule has 1 fully saturated rings. The van der Waals surface area contributed by atoms with E-state index in [1.807, 2.05) is 18.3 Å². The molecule has 1 aliphatic carbocycles. The summed E-state index contributed by atoms with van der Waals surface area (Å²) in [6.07, 6.45) is 5.76. The standard InChI is InChI=1S/C16H26N2O2/c1-12-4-5-13(2)15(10-12)18-14-6-7-16(17-11-14)20-9-8-19-3/h6-7,11-13,15,18H,4-5,8-10H2,1-3H3. The van der Waals surface area contributed by atoms with Crippen molar-refractivity contribution < 1.29 is 9.47 Å². The first-order chi connectivity index (χ1) is 9.69. The van der Waals surface area contributed by atoms with Crippen LogP contribution in [-0.4, -0.2) is 31.3 Å². The third-order valence-electron chi connectivity index (χ3n) is 4.08. The van der Waals surface area contributed by atoms with E-state index in [-0.39, 0.29) is 0 Å². The second kappa shape index (κ2) is 7.48. The van der Waals surface area contributed by atoms with Crippen molar-refractivity contribution in [2.75, 3.05) is 25.6 Å². The SMILES string of the molecule is COCCOc1ccc(NC2CC(C)CCC2C)cn1. The summed E-state index contributed by atoms with van der Waals surface area (Å²) in [5.41, 5.74) is 1.08. The van der Waals surface area contributed by atoms with E-state index in [9.17, 15) is 0 Å². The van der Waals surface area contributed by atoms with Gasteiger partial charge >= 0.3 is 0 Å². The number of aromatic nitrogens is 1. The van der Waals surface area contributed by atoms with Crippen molar-refractivity contribution in [2.45, 2.75) is 39.2 Å². The molecule has 3 atom stereocenters. The molecule has 0 radical (unpaired) electrons. The highest BCUT2D eigenvalue weighted by Gasteiger charge is 2.25. The molecule has 0 aliphatic heterocycles. The van der Waals surface area contributed by atoms with Gasteiger partial charge in [0.2, 0.25) is 5.88 Å². The minimum Gasteiger partial charge on any atom is -0.475 e. The van der Waals surface area contributed by atoms with Crippen LogP contribution in [0, 0.1) is 11.8 Å². The van der Waals surface area contributed by atoms with Crippen LogP contribution >= 0.6 is 0 Å². The van der Waals surface area contributed by atoms with Gasteiger partial charge in [-0.3, -0.25) is 0 Å². The summed E-state index contributed by atoms with van der Waals surface area (Å²) in [7, 11) is 1.66. The minimum atomic E-state index is 0.535. The Kier molecular flexibility index (Phi) is 5.65. The van der Waals surface area contributed by atoms with E-state index in [4.69, 9.17) is 9.47 Å². The van der Waals surface area contributed by atoms with Crippen LogP contribution in [0.25, 0.3) is 0 Å². The Hall–Kier alpha value is -1.29. The van der Waals surface area contributed by atoms with Gasteiger partial charge in [0.15, 0.2) is 0 Å². The summed E-state index contributed by atoms with van der Waals surface area (Å²) in [6.45, 7) is 5.79. The average molecular weight is 278 g/mol. The van der Waals surface area contributed by atoms with Crippen LogP contribution < -0.4 is 10.1 Å². The molecule has 0 saturated heterocycles. The topological polar surface area (TPSA) is 43.4 Å². The van der Waals surface area contributed by atoms with Crippen LogP contribution in [0.15, 0.2) is 18.3 Å². The largest absolute Gasteiger partial charge is 0.475 e. The number of ether oxygens (including phenoxy) is 2. The number of anilines is 1. The molecule has 1 N–H and O–H groups in total. The first kappa shape index (κ1) is 15.1. The highest BCUT2D eigenvalue weighted by atomic mass is 16.5. The van der Waals surface area contributed by atoms with Crippen LogP contribution in [-0.2, 0) is 4.74 Å². The summed E-state index contributed by atoms with van der Waals surface area (Å²) >= 11 is 0. The summed E-state index contributed by atoms with van der Waals surface area (Å²) in [5.74, 6) is 2.19. The van der Waals surface area contributed by atoms with Crippen molar-refractivity contribution in [1.29, 1.82) is 0 Å². The third-order valence-corrected chi connectivity index (χ3v) is 4.08. The summed E-state index contributed by atoms with van der Waals surface area (Å²) < 4.78 is 10.4. The van der Waals surface area contributed by atoms with Gasteiger partial charge in [-0.15, -0.1) is 0 Å². The number of nitrogens with one attached hydrogen (secondary N) is 1. The highest BCUT2D eigenvalue weighted by molar-refractivity contribution is 5.43. The van der Waals surface area contributed by atoms with Crippen LogP contribution in [0.4, 0.5) is 5.69 Å². The Balaban J connectivity index is 1.86. The van der Waals surface area contributed by atoms with Crippen LogP contribution in [0.1, 0.15) is 33.1 Å². The maximum absolute atomic E-state index is 5.47. The number of pyridine rings is 1. The van der Waals surface area contributed by atoms with Crippen molar-refractivity contribution in [3.05, 3.63) is 18.3 Å². The molecule has 1 aromatic rings. The first-order valence-electron chi connectivity index (χ1n) is 7.53. The van der Waals surface area contributed by atoms with Crippen LogP contribution in [0.2, 0.25) is 0 Å². The Labute approximate surface area is 121 Å². The monoisotopic (exact) mass is 278 g/mol. The van der Waals surface area contributed by atoms with Crippen molar-refractivity contribution in [2.24, 2.45) is 11.8 Å². The molecule has 0 amide bonds. The number of hydrogen-bond donors (Lipinski definition) is 1. The van der Waals surface area contributed by atoms with Gasteiger partial charge in [-0.05, 0) is 30.7 Å². The van der Waals surface area contributed by atoms with Gasteiger partial charge in [-0.2, -0.15) is 0 Å². The van der Waals surface area contributed by atoms with E-state index >= 15 is 0 Å². The molecular formula is C16H26N2O2. The van der Waals surface area contributed by atoms with E-state index in [1.54, 1.807) is 7.11 Å². The molecular weight excluding hydrogens is 252 g/mol. The fraction of sp³-hybridized carbons (Fsp3) is 0.688. The molecule has 112 valence electrons. The van der Waals surface area contributed by atoms with Crippen LogP contribution in [0.3, 0.4) is 0 Å². The zero-order chi connectivity index (χ0) is 14.4. The van der Waals surface area contributed by atoms with Gasteiger partial charge in [0.05, 0.1) is 18.5 Å². The van der Waals surface area contributed by atoms with Crippen molar-refractivity contribution in [3.63, 3.8) is 0 Å². The van der Waals surface area contributed by atoms with Gasteiger partial charge in [-0.1, -0.05) is 20.3 Å². The van der Waals surface area contributed by atoms with Crippen LogP contribution in [0.5, 0.6) is 5.88 Å². The lowest BCUT2D eigenvalue weighted by molar-refractivity contribution is 0.144. The third kappa shape index (κ3) is 4.37. The fourth-order valence-electron chi connectivity index (χ4n) is 2.73. The number of rotatable bonds is 6. The minimum absolute atomic E-state index is 0.535. The Morgan fingerprint density at radius 2 is 2.10 bits per heavy atom. The van der Waals surface area contributed by atoms with E-state index in [2.05, 4.69) is 24.1 Å². The zero-order valence-electron chi connectivity index (χ0n) is 12.8. The van der Waals surface area contributed by atoms with Gasteiger partial charge in [0.25, 0.3) is 0 Å². The molecule has 2 rings (SSSR count). The number of hydrogen-bond acceptors (Lipinski definition) is 4. The zero-order valence-corrected chi connectivity index (χ0v) is 12.8. The molecule has 3 unspecified atom stereocenters. The Bertz CT molecular complexity index is 394. The molecule has 1 saturated carbocycles. The lowest BCUT2D eigenvalue weighted by Gasteiger charge is -2.33. The summed E-state index contributed by atoms with van der Waals surface area (Å²) in [4.78, 5) is 4.32. The number of methoxy groups -OCH3 is 1. The predicted octanol–water partition coefficient (Wildman–Crippen LogP) is 3.34. The van der Waals surface area contributed by atoms with Crippen molar-refractivity contribution in [3.8, 4) is 5.88 Å². The molecule has 1 aromatic heterocycles. The van der Waals surface area contributed by atoms with E-state index in [1.165, 1.54) is 19.3 Å². The number of nitrogens with zero attached hydrogens (tertiary/aromatic N) is 1. The van der Waals surface area contributed by atoms with E-state index < -0.39 is 0 Å². The first-order valence-corrected chi connectivity index (χ1v) is 7.53. The molecule has 4 nitrogen and oxygen atoms in total. The Morgan fingerprint density at radius 1 is 1.25 bits per heavy atom. The van der Waals surface area contributed by atoms with E-state index in [0.29, 0.717) is 25.1 Å². The fourth-order valence-corrected chi connectivity index (χ4v) is 2.73. The van der Waals surface area contributed by atoms with Crippen molar-refractivity contribution in [1.82, 2.24) is 4.98 Å². The maximum Gasteiger partial charge on any atom is 0.213 e. The van der Waals surface area contributed by atoms with Gasteiger partial charge in [0.1, 0.15) is 6.61 Å². The Morgan fingerprint density at radius 3 is 2.80 bits per heavy atom. The van der Waals surface area contributed by atoms with Gasteiger partial charge < -0.3 is 14.8 Å². The normalized spacial score (nSPS) is 26.2. The summed E-state index contributed by atoms with van der Waals surface area (Å²) in [6, 6.07) is 4.51. The van der Waals surface area contributed by atoms with Crippen molar-refractivity contribution >= 4 is 5.69 Å². The van der Waals surface area contributed by atoms with Gasteiger partial charge in [0, 0.05) is 19.2 Å². The molecule has 1 aliphatic rings. The average Bonchev–Trinajstić information content (AvgIpc) is 2.45. The second-order valence-corrected chi connectivity index (χ2v) is 5.87. The smallest absolute Gasteiger partial charge is 0.213 e. The molecule has 0 aromatic carbocycles. The molecule has 0 bridgehead atoms. The predicted molar refractivity (Wildman–Crippen MR) is 81.2 cm³/mol. The quantitative estimate of drug-likeness (QED) is 0.810. The van der Waals surface area contributed by atoms with E-state index in [0.717, 1.165) is 17.5 Å². The second-order valence-electron chi connectivity index (χ2n) is 5.87. The lowest BCUT2D eigenvalue weighted by atomic mass is 9.80. The van der Waals surface area contributed by atoms with Gasteiger partial charge in [-0.25, -0.2) is 4.98 Å². The maximum atomic E-state index is 5.47. The molecule has 1 heterocycles. The lowest BCUT2D eigenvalue weighted by Crippen LogP contribution is -2.33. The summed E-state index contributed by atoms with van der Waals surface area (Å²) in [5, 5.41) is 3.61. The molecule has 4 heteroatoms. The molecule has 20 heavy (non-hydrogen) atoms. The highest BCUT2D eigenvalue weighted by Crippen LogP contribution is 2.30.